The average Bonchev–Trinajstić information content (AvgIpc) is 3.14. The number of aliphatic hydroxyl groups is 1. The highest BCUT2D eigenvalue weighted by molar-refractivity contribution is 5.34. The minimum absolute atomic E-state index is 0.0906. The summed E-state index contributed by atoms with van der Waals surface area (Å²) in [6, 6.07) is 8.08. The van der Waals surface area contributed by atoms with Crippen LogP contribution in [-0.2, 0) is 6.42 Å². The molecule has 1 aromatic rings. The average molecular weight is 359 g/mol. The van der Waals surface area contributed by atoms with Gasteiger partial charge in [0.2, 0.25) is 0 Å². The monoisotopic (exact) mass is 359 g/mol. The zero-order chi connectivity index (χ0) is 18.1. The molecule has 3 aliphatic heterocycles. The van der Waals surface area contributed by atoms with E-state index >= 15 is 0 Å². The number of hydroxylamine groups is 3. The minimum atomic E-state index is -0.601. The predicted molar refractivity (Wildman–Crippen MR) is 100 cm³/mol. The van der Waals surface area contributed by atoms with E-state index in [2.05, 4.69) is 36.2 Å². The van der Waals surface area contributed by atoms with E-state index in [9.17, 15) is 10.3 Å². The molecular formula is C20H29N3O3. The number of aliphatic hydroxyl groups excluding tert-OH is 1. The number of fused-ring (bicyclic) bond motifs is 2. The highest BCUT2D eigenvalue weighted by atomic mass is 16.6. The van der Waals surface area contributed by atoms with Gasteiger partial charge in [-0.15, -0.1) is 0 Å². The van der Waals surface area contributed by atoms with Crippen molar-refractivity contribution in [3.63, 3.8) is 0 Å². The molecule has 2 fully saturated rings. The van der Waals surface area contributed by atoms with Gasteiger partial charge < -0.3 is 19.7 Å². The van der Waals surface area contributed by atoms with Crippen LogP contribution in [0.3, 0.4) is 0 Å². The Morgan fingerprint density at radius 1 is 1.35 bits per heavy atom. The van der Waals surface area contributed by atoms with E-state index in [1.54, 1.807) is 0 Å². The van der Waals surface area contributed by atoms with E-state index < -0.39 is 6.23 Å². The number of nitrogens with zero attached hydrogens (tertiary/aromatic N) is 3. The topological polar surface area (TPSA) is 59.0 Å². The lowest BCUT2D eigenvalue weighted by Crippen LogP contribution is -2.44. The molecule has 3 heterocycles. The molecule has 142 valence electrons. The molecule has 26 heavy (non-hydrogen) atoms. The second-order valence-electron chi connectivity index (χ2n) is 7.84. The van der Waals surface area contributed by atoms with Crippen LogP contribution in [0.1, 0.15) is 24.8 Å². The maximum Gasteiger partial charge on any atom is 0.164 e. The summed E-state index contributed by atoms with van der Waals surface area (Å²) in [6.07, 6.45) is 7.46. The minimum Gasteiger partial charge on any atom is -0.632 e. The third kappa shape index (κ3) is 3.40. The molecule has 0 spiro atoms. The number of rotatable bonds is 5. The maximum absolute atomic E-state index is 12.6. The van der Waals surface area contributed by atoms with Crippen LogP contribution in [0.15, 0.2) is 36.4 Å². The number of hydrogen-bond donors (Lipinski definition) is 1. The van der Waals surface area contributed by atoms with Crippen molar-refractivity contribution in [2.75, 3.05) is 33.4 Å². The van der Waals surface area contributed by atoms with Crippen LogP contribution < -0.4 is 4.74 Å². The SMILES string of the molecule is CN(CC=CCN1C[N+]2([O-])CCCC2C1O)C1CCc2ccccc2O1. The molecule has 4 rings (SSSR count). The summed E-state index contributed by atoms with van der Waals surface area (Å²) < 4.78 is 5.87. The first-order valence-electron chi connectivity index (χ1n) is 9.66. The zero-order valence-corrected chi connectivity index (χ0v) is 15.5. The molecule has 0 radical (unpaired) electrons. The summed E-state index contributed by atoms with van der Waals surface area (Å²) in [6.45, 7) is 2.47. The molecule has 0 aliphatic carbocycles. The second-order valence-corrected chi connectivity index (χ2v) is 7.84. The third-order valence-corrected chi connectivity index (χ3v) is 6.07. The quantitative estimate of drug-likeness (QED) is 0.494. The summed E-state index contributed by atoms with van der Waals surface area (Å²) in [4.78, 5) is 4.10. The Morgan fingerprint density at radius 3 is 3.04 bits per heavy atom. The molecule has 0 aromatic heterocycles. The highest BCUT2D eigenvalue weighted by Crippen LogP contribution is 2.35. The second kappa shape index (κ2) is 7.29. The first-order chi connectivity index (χ1) is 12.6. The fourth-order valence-corrected chi connectivity index (χ4v) is 4.53. The predicted octanol–water partition coefficient (Wildman–Crippen LogP) is 1.89. The Hall–Kier alpha value is -1.44. The van der Waals surface area contributed by atoms with Crippen LogP contribution in [0.4, 0.5) is 0 Å². The van der Waals surface area contributed by atoms with E-state index in [1.807, 2.05) is 17.0 Å². The Balaban J connectivity index is 1.26. The van der Waals surface area contributed by atoms with Crippen molar-refractivity contribution in [1.82, 2.24) is 9.80 Å². The highest BCUT2D eigenvalue weighted by Gasteiger charge is 2.49. The Labute approximate surface area is 155 Å². The van der Waals surface area contributed by atoms with Gasteiger partial charge in [-0.05, 0) is 25.1 Å². The molecule has 6 heteroatoms. The molecular weight excluding hydrogens is 330 g/mol. The van der Waals surface area contributed by atoms with Crippen LogP contribution in [0.25, 0.3) is 0 Å². The molecule has 0 amide bonds. The molecule has 0 bridgehead atoms. The Morgan fingerprint density at radius 2 is 2.19 bits per heavy atom. The van der Waals surface area contributed by atoms with E-state index in [0.29, 0.717) is 19.8 Å². The van der Waals surface area contributed by atoms with Crippen molar-refractivity contribution < 1.29 is 14.5 Å². The number of likely N-dealkylation sites (N-methyl/N-ethyl adjacent to an activating group) is 1. The van der Waals surface area contributed by atoms with Crippen LogP contribution in [-0.4, -0.2) is 71.4 Å². The van der Waals surface area contributed by atoms with Gasteiger partial charge in [0.1, 0.15) is 18.5 Å². The molecule has 4 unspecified atom stereocenters. The van der Waals surface area contributed by atoms with Crippen LogP contribution in [0.2, 0.25) is 0 Å². The fraction of sp³-hybridized carbons (Fsp3) is 0.600. The van der Waals surface area contributed by atoms with Crippen molar-refractivity contribution in [3.8, 4) is 5.75 Å². The van der Waals surface area contributed by atoms with Gasteiger partial charge in [0, 0.05) is 32.4 Å². The Bertz CT molecular complexity index is 667. The van der Waals surface area contributed by atoms with Crippen molar-refractivity contribution in [2.45, 2.75) is 44.2 Å². The van der Waals surface area contributed by atoms with Gasteiger partial charge in [0.15, 0.2) is 12.5 Å². The number of ether oxygens (including phenoxy) is 1. The molecule has 0 saturated carbocycles. The number of para-hydroxylation sites is 1. The van der Waals surface area contributed by atoms with Crippen molar-refractivity contribution in [3.05, 3.63) is 47.2 Å². The number of benzene rings is 1. The lowest BCUT2D eigenvalue weighted by Gasteiger charge is -2.38. The summed E-state index contributed by atoms with van der Waals surface area (Å²) in [5, 5.41) is 23.0. The first kappa shape index (κ1) is 17.9. The summed E-state index contributed by atoms with van der Waals surface area (Å²) >= 11 is 0. The zero-order valence-electron chi connectivity index (χ0n) is 15.5. The largest absolute Gasteiger partial charge is 0.632 e. The number of hydrogen-bond acceptors (Lipinski definition) is 5. The van der Waals surface area contributed by atoms with E-state index in [1.165, 1.54) is 5.56 Å². The van der Waals surface area contributed by atoms with Crippen molar-refractivity contribution in [1.29, 1.82) is 0 Å². The van der Waals surface area contributed by atoms with E-state index in [0.717, 1.165) is 38.0 Å². The summed E-state index contributed by atoms with van der Waals surface area (Å²) in [5.41, 5.74) is 1.28. The van der Waals surface area contributed by atoms with Gasteiger partial charge >= 0.3 is 0 Å². The van der Waals surface area contributed by atoms with Crippen LogP contribution in [0, 0.1) is 5.21 Å². The third-order valence-electron chi connectivity index (χ3n) is 6.07. The maximum atomic E-state index is 12.6. The molecule has 2 saturated heterocycles. The normalized spacial score (nSPS) is 34.2. The van der Waals surface area contributed by atoms with Gasteiger partial charge in [-0.2, -0.15) is 0 Å². The molecule has 6 nitrogen and oxygen atoms in total. The van der Waals surface area contributed by atoms with Gasteiger partial charge in [0.05, 0.1) is 6.54 Å². The molecule has 1 N–H and O–H groups in total. The van der Waals surface area contributed by atoms with Gasteiger partial charge in [-0.3, -0.25) is 4.90 Å². The van der Waals surface area contributed by atoms with Gasteiger partial charge in [-0.25, -0.2) is 4.90 Å². The van der Waals surface area contributed by atoms with Gasteiger partial charge in [-0.1, -0.05) is 30.4 Å². The lowest BCUT2D eigenvalue weighted by atomic mass is 10.0. The van der Waals surface area contributed by atoms with Crippen LogP contribution in [0.5, 0.6) is 5.75 Å². The summed E-state index contributed by atoms with van der Waals surface area (Å²) in [7, 11) is 2.07. The standard InChI is InChI=1S/C20H29N3O3/c1-21(19-11-10-16-7-2-3-9-18(16)26-19)12-4-5-13-22-15-23(25)14-6-8-17(23)20(22)24/h2-5,7,9,17,19-20,24H,6,8,10-15H2,1H3. The number of aryl methyl sites for hydroxylation is 1. The lowest BCUT2D eigenvalue weighted by molar-refractivity contribution is -0.885. The molecule has 3 aliphatic rings. The van der Waals surface area contributed by atoms with Crippen LogP contribution >= 0.6 is 0 Å². The smallest absolute Gasteiger partial charge is 0.164 e. The first-order valence-corrected chi connectivity index (χ1v) is 9.66. The molecule has 1 aromatic carbocycles. The molecule has 4 atom stereocenters. The fourth-order valence-electron chi connectivity index (χ4n) is 4.53. The number of quaternary nitrogens is 1. The van der Waals surface area contributed by atoms with Gasteiger partial charge in [0.25, 0.3) is 0 Å². The van der Waals surface area contributed by atoms with E-state index in [-0.39, 0.29) is 16.9 Å². The van der Waals surface area contributed by atoms with Crippen molar-refractivity contribution >= 4 is 0 Å². The summed E-state index contributed by atoms with van der Waals surface area (Å²) in [5.74, 6) is 0.991. The Kier molecular flexibility index (Phi) is 5.03. The van der Waals surface area contributed by atoms with E-state index in [4.69, 9.17) is 4.74 Å². The van der Waals surface area contributed by atoms with Crippen molar-refractivity contribution in [2.24, 2.45) is 0 Å².